The van der Waals surface area contributed by atoms with Crippen molar-refractivity contribution in [2.24, 2.45) is 4.99 Å². The molecule has 0 aliphatic carbocycles. The average Bonchev–Trinajstić information content (AvgIpc) is 3.09. The molecule has 4 rings (SSSR count). The van der Waals surface area contributed by atoms with Crippen molar-refractivity contribution in [2.75, 3.05) is 7.05 Å². The fourth-order valence-electron chi connectivity index (χ4n) is 3.04. The largest absolute Gasteiger partial charge is 0.507 e. The van der Waals surface area contributed by atoms with Crippen LogP contribution in [0.2, 0.25) is 0 Å². The molecule has 0 unspecified atom stereocenters. The summed E-state index contributed by atoms with van der Waals surface area (Å²) in [7, 11) is 1.60. The Hall–Kier alpha value is -2.86. The van der Waals surface area contributed by atoms with Crippen molar-refractivity contribution in [3.63, 3.8) is 0 Å². The molecule has 2 heterocycles. The number of carbonyl (C=O) groups is 1. The van der Waals surface area contributed by atoms with Crippen LogP contribution in [0.1, 0.15) is 10.4 Å². The first-order valence-electron chi connectivity index (χ1n) is 9.47. The van der Waals surface area contributed by atoms with Crippen LogP contribution in [-0.2, 0) is 6.54 Å². The zero-order chi connectivity index (χ0) is 24.0. The number of alkyl halides is 4. The first kappa shape index (κ1) is 23.3. The Labute approximate surface area is 197 Å². The van der Waals surface area contributed by atoms with Crippen molar-refractivity contribution >= 4 is 33.3 Å². The lowest BCUT2D eigenvalue weighted by Crippen LogP contribution is -2.52. The summed E-state index contributed by atoms with van der Waals surface area (Å²) in [5.41, 5.74) is 1.17. The molecule has 0 atom stereocenters. The molecule has 174 valence electrons. The zero-order valence-corrected chi connectivity index (χ0v) is 19.6. The average molecular weight is 546 g/mol. The van der Waals surface area contributed by atoms with E-state index < -0.39 is 29.7 Å². The molecule has 0 bridgehead atoms. The Bertz CT molecular complexity index is 1290. The highest BCUT2D eigenvalue weighted by Gasteiger charge is 2.65. The van der Waals surface area contributed by atoms with Gasteiger partial charge in [-0.25, -0.2) is 4.79 Å². The molecule has 0 fully saturated rings. The first-order chi connectivity index (χ1) is 15.5. The lowest BCUT2D eigenvalue weighted by molar-refractivity contribution is -0.391. The van der Waals surface area contributed by atoms with Crippen LogP contribution in [0.4, 0.5) is 22.4 Å². The van der Waals surface area contributed by atoms with Gasteiger partial charge in [-0.2, -0.15) is 22.6 Å². The quantitative estimate of drug-likeness (QED) is 0.395. The molecule has 0 spiro atoms. The number of amides is 2. The summed E-state index contributed by atoms with van der Waals surface area (Å²) in [6.45, 7) is 2.09. The fraction of sp³-hybridized carbons (Fsp3) is 0.238. The number of thiazole rings is 1. The van der Waals surface area contributed by atoms with Gasteiger partial charge in [0.15, 0.2) is 16.3 Å². The van der Waals surface area contributed by atoms with E-state index in [4.69, 9.17) is 0 Å². The Morgan fingerprint density at radius 1 is 1.12 bits per heavy atom. The van der Waals surface area contributed by atoms with Gasteiger partial charge in [-0.3, -0.25) is 4.57 Å². The van der Waals surface area contributed by atoms with E-state index in [-0.39, 0.29) is 10.5 Å². The number of fused-ring (bicyclic) bond motifs is 1. The molecule has 0 N–H and O–H groups in total. The predicted molar refractivity (Wildman–Crippen MR) is 116 cm³/mol. The fourth-order valence-corrected chi connectivity index (χ4v) is 4.28. The number of benzene rings is 2. The molecule has 12 heteroatoms. The van der Waals surface area contributed by atoms with Crippen LogP contribution in [0.25, 0.3) is 5.69 Å². The number of aryl methyl sites for hydroxylation is 1. The summed E-state index contributed by atoms with van der Waals surface area (Å²) in [6, 6.07) is 10.5. The van der Waals surface area contributed by atoms with Gasteiger partial charge in [-0.05, 0) is 30.7 Å². The molecule has 0 saturated carbocycles. The lowest BCUT2D eigenvalue weighted by Gasteiger charge is -2.31. The number of nitrogens with zero attached hydrogens (tertiary/aromatic N) is 3. The Morgan fingerprint density at radius 2 is 1.79 bits per heavy atom. The minimum atomic E-state index is -4.83. The van der Waals surface area contributed by atoms with Crippen LogP contribution < -0.4 is 14.3 Å². The summed E-state index contributed by atoms with van der Waals surface area (Å²) in [5.74, 6) is -1.08. The summed E-state index contributed by atoms with van der Waals surface area (Å²) < 4.78 is 64.6. The zero-order valence-electron chi connectivity index (χ0n) is 17.2. The van der Waals surface area contributed by atoms with Crippen molar-refractivity contribution in [3.8, 4) is 17.2 Å². The normalized spacial score (nSPS) is 16.5. The molecule has 3 aromatic rings. The molecule has 1 aliphatic heterocycles. The number of ether oxygens (including phenoxy) is 2. The van der Waals surface area contributed by atoms with Gasteiger partial charge < -0.3 is 14.4 Å². The number of carbonyl (C=O) groups excluding carboxylic acids is 1. The van der Waals surface area contributed by atoms with Crippen molar-refractivity contribution in [3.05, 3.63) is 68.4 Å². The Morgan fingerprint density at radius 3 is 2.48 bits per heavy atom. The van der Waals surface area contributed by atoms with Gasteiger partial charge >= 0.3 is 18.2 Å². The third-order valence-corrected chi connectivity index (χ3v) is 6.34. The maximum Gasteiger partial charge on any atom is 0.507 e. The second-order valence-electron chi connectivity index (χ2n) is 7.20. The Balaban J connectivity index is 1.65. The minimum absolute atomic E-state index is 0.269. The molecule has 2 aromatic carbocycles. The van der Waals surface area contributed by atoms with Crippen LogP contribution in [0.15, 0.2) is 58.1 Å². The van der Waals surface area contributed by atoms with Crippen molar-refractivity contribution in [1.29, 1.82) is 0 Å². The van der Waals surface area contributed by atoms with Gasteiger partial charge in [0.25, 0.3) is 0 Å². The Kier molecular flexibility index (Phi) is 5.99. The van der Waals surface area contributed by atoms with Gasteiger partial charge in [0.2, 0.25) is 0 Å². The van der Waals surface area contributed by atoms with E-state index in [0.29, 0.717) is 6.54 Å². The number of hydrogen-bond donors (Lipinski definition) is 0. The maximum absolute atomic E-state index is 13.6. The summed E-state index contributed by atoms with van der Waals surface area (Å²) in [6.07, 6.45) is -7.98. The summed E-state index contributed by atoms with van der Waals surface area (Å²) in [4.78, 5) is 19.3. The van der Waals surface area contributed by atoms with Crippen molar-refractivity contribution < 1.29 is 31.8 Å². The smallest absolute Gasteiger partial charge is 0.421 e. The van der Waals surface area contributed by atoms with Gasteiger partial charge in [-0.15, -0.1) is 11.3 Å². The van der Waals surface area contributed by atoms with E-state index in [1.807, 2.05) is 24.3 Å². The lowest BCUT2D eigenvalue weighted by atomic mass is 10.2. The van der Waals surface area contributed by atoms with Crippen molar-refractivity contribution in [1.82, 2.24) is 9.47 Å². The van der Waals surface area contributed by atoms with E-state index in [1.165, 1.54) is 26.9 Å². The van der Waals surface area contributed by atoms with Crippen LogP contribution in [0, 0.1) is 6.92 Å². The topological polar surface area (TPSA) is 56.1 Å². The molecule has 0 saturated heterocycles. The second kappa shape index (κ2) is 8.49. The van der Waals surface area contributed by atoms with E-state index in [0.717, 1.165) is 27.0 Å². The predicted octanol–water partition coefficient (Wildman–Crippen LogP) is 5.72. The molecule has 33 heavy (non-hydrogen) atoms. The summed E-state index contributed by atoms with van der Waals surface area (Å²) in [5, 5.41) is 0. The molecular weight excluding hydrogens is 530 g/mol. The number of halogens is 5. The number of urea groups is 1. The van der Waals surface area contributed by atoms with Crippen molar-refractivity contribution in [2.45, 2.75) is 25.7 Å². The third kappa shape index (κ3) is 4.62. The standard InChI is InChI=1S/C21H16BrF4N3O3S/c1-12-10-29(14-7-8-16-17(9-14)32-21(25,26)20(23,24)31-16)19(33-12)27-18(30)28(2)11-13-5-3-4-6-15(13)22/h3-10H,11H2,1-2H3/b27-19-. The SMILES string of the molecule is Cc1cn(-c2ccc3c(c2)OC(F)(F)C(F)(F)O3)/c(=N/C(=O)N(C)Cc2ccccc2Br)s1. The molecular formula is C21H16BrF4N3O3S. The van der Waals surface area contributed by atoms with Crippen LogP contribution >= 0.6 is 27.3 Å². The van der Waals surface area contributed by atoms with E-state index in [9.17, 15) is 22.4 Å². The van der Waals surface area contributed by atoms with Gasteiger partial charge in [0.1, 0.15) is 0 Å². The number of aromatic nitrogens is 1. The minimum Gasteiger partial charge on any atom is -0.421 e. The highest BCUT2D eigenvalue weighted by atomic mass is 79.9. The van der Waals surface area contributed by atoms with E-state index in [2.05, 4.69) is 30.4 Å². The molecule has 6 nitrogen and oxygen atoms in total. The maximum atomic E-state index is 13.6. The van der Waals surface area contributed by atoms with Gasteiger partial charge in [0, 0.05) is 35.2 Å². The van der Waals surface area contributed by atoms with E-state index >= 15 is 0 Å². The van der Waals surface area contributed by atoms with Crippen LogP contribution in [-0.4, -0.2) is 34.8 Å². The molecule has 1 aliphatic rings. The second-order valence-corrected chi connectivity index (χ2v) is 9.27. The molecule has 2 amide bonds. The molecule has 1 aromatic heterocycles. The van der Waals surface area contributed by atoms with Crippen LogP contribution in [0.5, 0.6) is 11.5 Å². The molecule has 0 radical (unpaired) electrons. The number of rotatable bonds is 3. The summed E-state index contributed by atoms with van der Waals surface area (Å²) >= 11 is 4.64. The third-order valence-electron chi connectivity index (χ3n) is 4.67. The highest BCUT2D eigenvalue weighted by molar-refractivity contribution is 9.10. The monoisotopic (exact) mass is 545 g/mol. The highest BCUT2D eigenvalue weighted by Crippen LogP contribution is 2.47. The number of hydrogen-bond acceptors (Lipinski definition) is 4. The van der Waals surface area contributed by atoms with Gasteiger partial charge in [0.05, 0.1) is 5.69 Å². The van der Waals surface area contributed by atoms with Crippen LogP contribution in [0.3, 0.4) is 0 Å². The van der Waals surface area contributed by atoms with Gasteiger partial charge in [-0.1, -0.05) is 34.1 Å². The first-order valence-corrected chi connectivity index (χ1v) is 11.1. The van der Waals surface area contributed by atoms with E-state index in [1.54, 1.807) is 20.2 Å².